The van der Waals surface area contributed by atoms with Crippen LogP contribution in [0.3, 0.4) is 0 Å². The SMILES string of the molecule is CC1([C@]2(O)Cc3c(O)c4c(c(OC5(S)CC5)c3[C@@H](O)C2)C(=O)c2c(NCCO)cccc2C4=O)OCCO1. The van der Waals surface area contributed by atoms with Gasteiger partial charge < -0.3 is 40.0 Å². The van der Waals surface area contributed by atoms with E-state index < -0.39 is 39.7 Å². The minimum absolute atomic E-state index is 0.0192. The second-order valence-electron chi connectivity index (χ2n) is 10.5. The molecule has 2 fully saturated rings. The zero-order valence-corrected chi connectivity index (χ0v) is 21.6. The summed E-state index contributed by atoms with van der Waals surface area (Å²) in [7, 11) is 0. The number of carbonyl (C=O) groups is 2. The Kier molecular flexibility index (Phi) is 5.84. The number of hydrogen-bond acceptors (Lipinski definition) is 11. The van der Waals surface area contributed by atoms with E-state index in [-0.39, 0.29) is 78.3 Å². The van der Waals surface area contributed by atoms with Crippen molar-refractivity contribution in [3.8, 4) is 11.5 Å². The molecule has 1 saturated heterocycles. The van der Waals surface area contributed by atoms with E-state index in [1.165, 1.54) is 6.07 Å². The molecular weight excluding hydrogens is 514 g/mol. The van der Waals surface area contributed by atoms with Gasteiger partial charge in [-0.25, -0.2) is 0 Å². The molecule has 4 aliphatic rings. The van der Waals surface area contributed by atoms with Crippen LogP contribution in [-0.2, 0) is 15.9 Å². The Hall–Kier alpha value is -2.67. The van der Waals surface area contributed by atoms with Gasteiger partial charge in [-0.05, 0) is 13.0 Å². The Bertz CT molecular complexity index is 1370. The topological polar surface area (TPSA) is 155 Å². The van der Waals surface area contributed by atoms with Crippen molar-refractivity contribution in [1.29, 1.82) is 0 Å². The number of ketones is 2. The molecule has 2 aromatic rings. The van der Waals surface area contributed by atoms with Crippen molar-refractivity contribution in [3.05, 3.63) is 51.6 Å². The average Bonchev–Trinajstić information content (AvgIpc) is 3.42. The summed E-state index contributed by atoms with van der Waals surface area (Å²) in [6.45, 7) is 2.05. The van der Waals surface area contributed by atoms with Crippen LogP contribution in [0.5, 0.6) is 11.5 Å². The lowest BCUT2D eigenvalue weighted by Crippen LogP contribution is -2.57. The van der Waals surface area contributed by atoms with Crippen molar-refractivity contribution in [1.82, 2.24) is 0 Å². The number of phenolic OH excluding ortho intramolecular Hbond substituents is 1. The van der Waals surface area contributed by atoms with Crippen molar-refractivity contribution in [2.75, 3.05) is 31.7 Å². The number of fused-ring (bicyclic) bond motifs is 3. The maximum Gasteiger partial charge on any atom is 0.200 e. The summed E-state index contributed by atoms with van der Waals surface area (Å²) in [6, 6.07) is 4.73. The Balaban J connectivity index is 1.58. The van der Waals surface area contributed by atoms with Crippen molar-refractivity contribution in [3.63, 3.8) is 0 Å². The molecular formula is C27H29NO9S. The summed E-state index contributed by atoms with van der Waals surface area (Å²) in [4.78, 5) is 27.0. The van der Waals surface area contributed by atoms with Crippen molar-refractivity contribution in [2.24, 2.45) is 0 Å². The maximum atomic E-state index is 14.1. The molecule has 0 radical (unpaired) electrons. The van der Waals surface area contributed by atoms with E-state index in [9.17, 15) is 30.0 Å². The van der Waals surface area contributed by atoms with Crippen LogP contribution in [0, 0.1) is 0 Å². The summed E-state index contributed by atoms with van der Waals surface area (Å²) in [5.41, 5.74) is -1.37. The van der Waals surface area contributed by atoms with Crippen LogP contribution in [0.25, 0.3) is 0 Å². The first-order chi connectivity index (χ1) is 18.0. The van der Waals surface area contributed by atoms with Gasteiger partial charge in [0.2, 0.25) is 0 Å². The fraction of sp³-hybridized carbons (Fsp3) is 0.481. The summed E-state index contributed by atoms with van der Waals surface area (Å²) >= 11 is 4.57. The minimum atomic E-state index is -1.74. The van der Waals surface area contributed by atoms with Crippen molar-refractivity contribution >= 4 is 29.9 Å². The second-order valence-corrected chi connectivity index (χ2v) is 11.3. The molecule has 202 valence electrons. The molecule has 3 aliphatic carbocycles. The number of nitrogens with one attached hydrogen (secondary N) is 1. The molecule has 0 aromatic heterocycles. The van der Waals surface area contributed by atoms with Gasteiger partial charge in [-0.1, -0.05) is 12.1 Å². The Labute approximate surface area is 223 Å². The Morgan fingerprint density at radius 1 is 1.13 bits per heavy atom. The first kappa shape index (κ1) is 25.6. The lowest BCUT2D eigenvalue weighted by Gasteiger charge is -2.45. The first-order valence-electron chi connectivity index (χ1n) is 12.6. The van der Waals surface area contributed by atoms with E-state index in [0.29, 0.717) is 18.5 Å². The molecule has 5 N–H and O–H groups in total. The number of thiol groups is 1. The van der Waals surface area contributed by atoms with Gasteiger partial charge in [0.15, 0.2) is 22.3 Å². The molecule has 6 rings (SSSR count). The van der Waals surface area contributed by atoms with Gasteiger partial charge >= 0.3 is 0 Å². The number of carbonyl (C=O) groups excluding carboxylic acids is 2. The molecule has 2 aromatic carbocycles. The van der Waals surface area contributed by atoms with Crippen LogP contribution in [0.15, 0.2) is 18.2 Å². The van der Waals surface area contributed by atoms with Gasteiger partial charge in [0.05, 0.1) is 42.6 Å². The highest BCUT2D eigenvalue weighted by atomic mass is 32.1. The van der Waals surface area contributed by atoms with E-state index in [1.54, 1.807) is 19.1 Å². The van der Waals surface area contributed by atoms with Crippen LogP contribution in [0.4, 0.5) is 5.69 Å². The zero-order chi connectivity index (χ0) is 27.0. The van der Waals surface area contributed by atoms with Crippen molar-refractivity contribution < 1.29 is 44.2 Å². The summed E-state index contributed by atoms with van der Waals surface area (Å²) in [6.07, 6.45) is -0.628. The van der Waals surface area contributed by atoms with Crippen LogP contribution >= 0.6 is 12.6 Å². The molecule has 1 saturated carbocycles. The van der Waals surface area contributed by atoms with Crippen LogP contribution < -0.4 is 10.1 Å². The number of phenols is 1. The third-order valence-corrected chi connectivity index (χ3v) is 8.51. The van der Waals surface area contributed by atoms with Gasteiger partial charge in [0.25, 0.3) is 0 Å². The smallest absolute Gasteiger partial charge is 0.200 e. The predicted octanol–water partition coefficient (Wildman–Crippen LogP) is 1.84. The highest BCUT2D eigenvalue weighted by Crippen LogP contribution is 2.56. The number of aliphatic hydroxyl groups is 3. The van der Waals surface area contributed by atoms with Gasteiger partial charge in [0, 0.05) is 54.6 Å². The number of aliphatic hydroxyl groups excluding tert-OH is 2. The molecule has 2 atom stereocenters. The van der Waals surface area contributed by atoms with E-state index >= 15 is 0 Å². The number of hydrogen-bond donors (Lipinski definition) is 6. The number of ether oxygens (including phenoxy) is 3. The van der Waals surface area contributed by atoms with Gasteiger partial charge in [0.1, 0.15) is 17.1 Å². The standard InChI is InChI=1S/C27H29NO9S/c1-25(35-9-10-36-25)26(34)11-14-18(16(30)12-26)24(37-27(38)5-6-27)20-19(22(14)32)21(31)13-3-2-4-15(28-7-8-29)17(13)23(20)33/h2-4,16,28-30,32,34,38H,5-12H2,1H3/t16-,26-/m0/s1. The molecule has 11 heteroatoms. The summed E-state index contributed by atoms with van der Waals surface area (Å²) in [5.74, 6) is -3.13. The minimum Gasteiger partial charge on any atom is -0.507 e. The van der Waals surface area contributed by atoms with Crippen LogP contribution in [0.1, 0.15) is 75.3 Å². The molecule has 38 heavy (non-hydrogen) atoms. The van der Waals surface area contributed by atoms with Crippen LogP contribution in [0.2, 0.25) is 0 Å². The average molecular weight is 544 g/mol. The van der Waals surface area contributed by atoms with E-state index in [4.69, 9.17) is 14.2 Å². The van der Waals surface area contributed by atoms with Gasteiger partial charge in [-0.15, -0.1) is 12.6 Å². The number of benzene rings is 2. The number of rotatable bonds is 6. The van der Waals surface area contributed by atoms with E-state index in [1.807, 2.05) is 0 Å². The van der Waals surface area contributed by atoms with Crippen molar-refractivity contribution in [2.45, 2.75) is 55.0 Å². The predicted molar refractivity (Wildman–Crippen MR) is 137 cm³/mol. The number of aromatic hydroxyl groups is 1. The highest BCUT2D eigenvalue weighted by Gasteiger charge is 2.57. The fourth-order valence-electron chi connectivity index (χ4n) is 5.76. The van der Waals surface area contributed by atoms with Crippen LogP contribution in [-0.4, -0.2) is 74.7 Å². The maximum absolute atomic E-state index is 14.1. The lowest BCUT2D eigenvalue weighted by molar-refractivity contribution is -0.269. The second kappa shape index (κ2) is 8.67. The largest absolute Gasteiger partial charge is 0.507 e. The fourth-order valence-corrected chi connectivity index (χ4v) is 5.96. The molecule has 0 spiro atoms. The van der Waals surface area contributed by atoms with E-state index in [0.717, 1.165) is 0 Å². The Morgan fingerprint density at radius 3 is 2.50 bits per heavy atom. The molecule has 1 aliphatic heterocycles. The third kappa shape index (κ3) is 3.68. The van der Waals surface area contributed by atoms with Gasteiger partial charge in [-0.3, -0.25) is 9.59 Å². The third-order valence-electron chi connectivity index (χ3n) is 7.97. The number of anilines is 1. The zero-order valence-electron chi connectivity index (χ0n) is 20.7. The highest BCUT2D eigenvalue weighted by molar-refractivity contribution is 7.82. The van der Waals surface area contributed by atoms with E-state index in [2.05, 4.69) is 17.9 Å². The monoisotopic (exact) mass is 543 g/mol. The van der Waals surface area contributed by atoms with Gasteiger partial charge in [-0.2, -0.15) is 0 Å². The quantitative estimate of drug-likeness (QED) is 0.200. The summed E-state index contributed by atoms with van der Waals surface area (Å²) < 4.78 is 17.6. The molecule has 0 unspecified atom stereocenters. The Morgan fingerprint density at radius 2 is 1.84 bits per heavy atom. The molecule has 10 nitrogen and oxygen atoms in total. The normalized spacial score (nSPS) is 26.4. The first-order valence-corrected chi connectivity index (χ1v) is 13.1. The molecule has 0 bridgehead atoms. The molecule has 0 amide bonds. The summed E-state index contributed by atoms with van der Waals surface area (Å²) in [5, 5.41) is 46.8. The molecule has 1 heterocycles. The lowest BCUT2D eigenvalue weighted by atomic mass is 9.70.